The number of hydrogen-bond donors (Lipinski definition) is 2. The van der Waals surface area contributed by atoms with Crippen LogP contribution in [0.2, 0.25) is 0 Å². The molecule has 1 heterocycles. The van der Waals surface area contributed by atoms with Gasteiger partial charge in [0.15, 0.2) is 5.84 Å². The third-order valence-corrected chi connectivity index (χ3v) is 4.40. The van der Waals surface area contributed by atoms with Crippen molar-refractivity contribution in [1.82, 2.24) is 10.4 Å². The van der Waals surface area contributed by atoms with Crippen molar-refractivity contribution in [3.63, 3.8) is 0 Å². The van der Waals surface area contributed by atoms with Gasteiger partial charge in [0, 0.05) is 16.2 Å². The summed E-state index contributed by atoms with van der Waals surface area (Å²) in [5, 5.41) is 14.3. The maximum atomic E-state index is 10.1. The van der Waals surface area contributed by atoms with Gasteiger partial charge in [0.25, 0.3) is 0 Å². The standard InChI is InChI=1S/C19H14Br2N4O/c20-14-10-13(18(26)16(21)11-14)12-23-25-19(17-8-4-5-9-22-17)24-15-6-2-1-3-7-15/h1-12,26H,(H,24,25). The van der Waals surface area contributed by atoms with E-state index in [0.29, 0.717) is 21.6 Å². The number of aliphatic imine (C=N–C) groups is 1. The molecular formula is C19H14Br2N4O. The minimum Gasteiger partial charge on any atom is -0.506 e. The third-order valence-electron chi connectivity index (χ3n) is 3.34. The van der Waals surface area contributed by atoms with Crippen LogP contribution in [0.4, 0.5) is 5.69 Å². The molecule has 2 aromatic carbocycles. The predicted octanol–water partition coefficient (Wildman–Crippen LogP) is 5.01. The van der Waals surface area contributed by atoms with E-state index in [-0.39, 0.29) is 5.75 Å². The SMILES string of the molecule is Oc1c(Br)cc(Br)cc1C=NNC(=Nc1ccccc1)c1ccccn1. The molecule has 26 heavy (non-hydrogen) atoms. The maximum absolute atomic E-state index is 10.1. The summed E-state index contributed by atoms with van der Waals surface area (Å²) in [6.45, 7) is 0. The summed E-state index contributed by atoms with van der Waals surface area (Å²) in [4.78, 5) is 8.88. The Bertz CT molecular complexity index is 945. The first-order valence-electron chi connectivity index (χ1n) is 7.66. The van der Waals surface area contributed by atoms with E-state index in [1.165, 1.54) is 6.21 Å². The molecule has 2 N–H and O–H groups in total. The van der Waals surface area contributed by atoms with Crippen LogP contribution >= 0.6 is 31.9 Å². The van der Waals surface area contributed by atoms with Gasteiger partial charge in [-0.15, -0.1) is 0 Å². The highest BCUT2D eigenvalue weighted by Crippen LogP contribution is 2.30. The number of phenols is 1. The highest BCUT2D eigenvalue weighted by Gasteiger charge is 2.07. The normalized spacial score (nSPS) is 11.7. The fraction of sp³-hybridized carbons (Fsp3) is 0. The summed E-state index contributed by atoms with van der Waals surface area (Å²) in [6.07, 6.45) is 3.22. The van der Waals surface area contributed by atoms with Gasteiger partial charge in [-0.05, 0) is 52.3 Å². The number of para-hydroxylation sites is 1. The predicted molar refractivity (Wildman–Crippen MR) is 111 cm³/mol. The third kappa shape index (κ3) is 4.77. The van der Waals surface area contributed by atoms with Crippen LogP contribution in [0.15, 0.2) is 85.9 Å². The highest BCUT2D eigenvalue weighted by molar-refractivity contribution is 9.11. The van der Waals surface area contributed by atoms with Crippen LogP contribution in [0.3, 0.4) is 0 Å². The molecule has 130 valence electrons. The van der Waals surface area contributed by atoms with E-state index in [1.807, 2.05) is 48.5 Å². The average molecular weight is 474 g/mol. The number of amidine groups is 1. The molecule has 0 unspecified atom stereocenters. The van der Waals surface area contributed by atoms with Crippen LogP contribution in [-0.4, -0.2) is 22.1 Å². The number of aromatic hydroxyl groups is 1. The Morgan fingerprint density at radius 2 is 1.81 bits per heavy atom. The Morgan fingerprint density at radius 3 is 2.54 bits per heavy atom. The Balaban J connectivity index is 1.89. The number of aromatic nitrogens is 1. The molecule has 0 aliphatic heterocycles. The number of benzene rings is 2. The number of hydrogen-bond acceptors (Lipinski definition) is 4. The van der Waals surface area contributed by atoms with E-state index in [9.17, 15) is 5.11 Å². The van der Waals surface area contributed by atoms with Crippen molar-refractivity contribution in [2.45, 2.75) is 0 Å². The highest BCUT2D eigenvalue weighted by atomic mass is 79.9. The van der Waals surface area contributed by atoms with Crippen molar-refractivity contribution < 1.29 is 5.11 Å². The van der Waals surface area contributed by atoms with Crippen LogP contribution in [0.1, 0.15) is 11.3 Å². The van der Waals surface area contributed by atoms with Gasteiger partial charge in [-0.3, -0.25) is 10.4 Å². The molecule has 0 aliphatic carbocycles. The van der Waals surface area contributed by atoms with Crippen molar-refractivity contribution in [1.29, 1.82) is 0 Å². The lowest BCUT2D eigenvalue weighted by Gasteiger charge is -2.06. The van der Waals surface area contributed by atoms with Gasteiger partial charge in [0.1, 0.15) is 11.4 Å². The first-order chi connectivity index (χ1) is 12.6. The summed E-state index contributed by atoms with van der Waals surface area (Å²) in [5.41, 5.74) is 4.91. The molecule has 3 rings (SSSR count). The molecule has 0 fully saturated rings. The molecule has 7 heteroatoms. The molecule has 1 aromatic heterocycles. The Kier molecular flexibility index (Phi) is 6.14. The molecule has 0 radical (unpaired) electrons. The molecule has 0 spiro atoms. The minimum atomic E-state index is 0.109. The molecule has 5 nitrogen and oxygen atoms in total. The summed E-state index contributed by atoms with van der Waals surface area (Å²) in [7, 11) is 0. The van der Waals surface area contributed by atoms with E-state index in [4.69, 9.17) is 0 Å². The first-order valence-corrected chi connectivity index (χ1v) is 9.24. The van der Waals surface area contributed by atoms with Crippen molar-refractivity contribution in [3.8, 4) is 5.75 Å². The van der Waals surface area contributed by atoms with Gasteiger partial charge in [-0.1, -0.05) is 40.2 Å². The second kappa shape index (κ2) is 8.73. The zero-order chi connectivity index (χ0) is 18.4. The molecule has 0 saturated heterocycles. The largest absolute Gasteiger partial charge is 0.506 e. The first kappa shape index (κ1) is 18.3. The molecule has 0 bridgehead atoms. The molecule has 0 aliphatic rings. The van der Waals surface area contributed by atoms with Crippen LogP contribution in [0, 0.1) is 0 Å². The fourth-order valence-electron chi connectivity index (χ4n) is 2.12. The quantitative estimate of drug-likeness (QED) is 0.317. The fourth-order valence-corrected chi connectivity index (χ4v) is 3.38. The zero-order valence-corrected chi connectivity index (χ0v) is 16.6. The van der Waals surface area contributed by atoms with Crippen molar-refractivity contribution >= 4 is 49.6 Å². The van der Waals surface area contributed by atoms with Crippen LogP contribution in [-0.2, 0) is 0 Å². The number of nitrogens with one attached hydrogen (secondary N) is 1. The van der Waals surface area contributed by atoms with Gasteiger partial charge in [0.05, 0.1) is 16.4 Å². The van der Waals surface area contributed by atoms with Gasteiger partial charge in [-0.25, -0.2) is 4.99 Å². The lowest BCUT2D eigenvalue weighted by molar-refractivity contribution is 0.471. The van der Waals surface area contributed by atoms with Gasteiger partial charge in [-0.2, -0.15) is 5.10 Å². The lowest BCUT2D eigenvalue weighted by atomic mass is 10.2. The number of hydrazone groups is 1. The van der Waals surface area contributed by atoms with Gasteiger partial charge >= 0.3 is 0 Å². The summed E-state index contributed by atoms with van der Waals surface area (Å²) in [6, 6.07) is 18.6. The lowest BCUT2D eigenvalue weighted by Crippen LogP contribution is -2.20. The van der Waals surface area contributed by atoms with E-state index in [1.54, 1.807) is 18.3 Å². The van der Waals surface area contributed by atoms with E-state index >= 15 is 0 Å². The van der Waals surface area contributed by atoms with Crippen molar-refractivity contribution in [2.24, 2.45) is 10.1 Å². The average Bonchev–Trinajstić information content (AvgIpc) is 2.66. The number of halogens is 2. The van der Waals surface area contributed by atoms with Crippen LogP contribution in [0.5, 0.6) is 5.75 Å². The van der Waals surface area contributed by atoms with E-state index in [0.717, 1.165) is 10.2 Å². The maximum Gasteiger partial charge on any atom is 0.172 e. The second-order valence-corrected chi connectivity index (χ2v) is 6.98. The number of pyridine rings is 1. The van der Waals surface area contributed by atoms with E-state index in [2.05, 4.69) is 52.4 Å². The van der Waals surface area contributed by atoms with Crippen LogP contribution < -0.4 is 5.43 Å². The summed E-state index contributed by atoms with van der Waals surface area (Å²) < 4.78 is 1.41. The zero-order valence-electron chi connectivity index (χ0n) is 13.5. The molecule has 0 amide bonds. The Hall–Kier alpha value is -2.51. The molecular weight excluding hydrogens is 460 g/mol. The van der Waals surface area contributed by atoms with Crippen molar-refractivity contribution in [3.05, 3.63) is 87.1 Å². The Labute approximate surface area is 167 Å². The molecule has 0 atom stereocenters. The summed E-state index contributed by atoms with van der Waals surface area (Å²) >= 11 is 6.69. The minimum absolute atomic E-state index is 0.109. The molecule has 3 aromatic rings. The van der Waals surface area contributed by atoms with Crippen LogP contribution in [0.25, 0.3) is 0 Å². The number of phenolic OH excluding ortho intramolecular Hbond substituents is 1. The van der Waals surface area contributed by atoms with Gasteiger partial charge < -0.3 is 5.11 Å². The van der Waals surface area contributed by atoms with E-state index < -0.39 is 0 Å². The number of nitrogens with zero attached hydrogens (tertiary/aromatic N) is 3. The second-order valence-electron chi connectivity index (χ2n) is 5.21. The monoisotopic (exact) mass is 472 g/mol. The number of rotatable bonds is 4. The topological polar surface area (TPSA) is 69.9 Å². The summed E-state index contributed by atoms with van der Waals surface area (Å²) in [5.74, 6) is 0.611. The van der Waals surface area contributed by atoms with Gasteiger partial charge in [0.2, 0.25) is 0 Å². The van der Waals surface area contributed by atoms with Crippen molar-refractivity contribution in [2.75, 3.05) is 0 Å². The molecule has 0 saturated carbocycles. The Morgan fingerprint density at radius 1 is 1.04 bits per heavy atom. The smallest absolute Gasteiger partial charge is 0.172 e.